The molecule has 0 spiro atoms. The van der Waals surface area contributed by atoms with Crippen molar-refractivity contribution in [3.63, 3.8) is 0 Å². The predicted molar refractivity (Wildman–Crippen MR) is 75.4 cm³/mol. The molecule has 0 atom stereocenters. The maximum absolute atomic E-state index is 13.8. The van der Waals surface area contributed by atoms with Crippen molar-refractivity contribution in [1.82, 2.24) is 4.98 Å². The van der Waals surface area contributed by atoms with Crippen molar-refractivity contribution >= 4 is 26.8 Å². The summed E-state index contributed by atoms with van der Waals surface area (Å²) in [6, 6.07) is 4.57. The third kappa shape index (κ3) is 2.80. The van der Waals surface area contributed by atoms with Gasteiger partial charge in [-0.1, -0.05) is 29.8 Å². The van der Waals surface area contributed by atoms with Crippen molar-refractivity contribution in [2.75, 3.05) is 0 Å². The molecule has 96 valence electrons. The van der Waals surface area contributed by atoms with E-state index in [1.807, 2.05) is 0 Å². The van der Waals surface area contributed by atoms with Crippen molar-refractivity contribution < 1.29 is 4.39 Å². The highest BCUT2D eigenvalue weighted by Gasteiger charge is 2.08. The molecule has 0 aliphatic rings. The number of aryl methyl sites for hydroxylation is 1. The summed E-state index contributed by atoms with van der Waals surface area (Å²) in [4.78, 5) is 15.0. The lowest BCUT2D eigenvalue weighted by molar-refractivity contribution is 0.581. The number of hydrogen-bond acceptors (Lipinski definition) is 1. The molecule has 0 saturated carbocycles. The van der Waals surface area contributed by atoms with Gasteiger partial charge in [0.2, 0.25) is 0 Å². The average Bonchev–Trinajstić information content (AvgIpc) is 2.28. The van der Waals surface area contributed by atoms with Gasteiger partial charge >= 0.3 is 0 Å². The van der Waals surface area contributed by atoms with Gasteiger partial charge < -0.3 is 4.98 Å². The Balaban J connectivity index is 2.52. The third-order valence-corrected chi connectivity index (χ3v) is 3.36. The van der Waals surface area contributed by atoms with Crippen LogP contribution in [0, 0.1) is 11.7 Å². The molecule has 2 aromatic rings. The van der Waals surface area contributed by atoms with Gasteiger partial charge in [0.25, 0.3) is 0 Å². The quantitative estimate of drug-likeness (QED) is 0.912. The SMILES string of the molecule is CC(C)CCc1cc(=O)c2cc(Br)cc(F)c2[nH]1. The lowest BCUT2D eigenvalue weighted by atomic mass is 10.1. The topological polar surface area (TPSA) is 32.9 Å². The zero-order valence-corrected chi connectivity index (χ0v) is 12.0. The lowest BCUT2D eigenvalue weighted by Gasteiger charge is -2.07. The van der Waals surface area contributed by atoms with E-state index in [0.29, 0.717) is 21.3 Å². The molecule has 0 aliphatic carbocycles. The summed E-state index contributed by atoms with van der Waals surface area (Å²) in [7, 11) is 0. The Morgan fingerprint density at radius 2 is 2.06 bits per heavy atom. The van der Waals surface area contributed by atoms with E-state index in [1.54, 1.807) is 12.1 Å². The smallest absolute Gasteiger partial charge is 0.189 e. The van der Waals surface area contributed by atoms with E-state index in [9.17, 15) is 9.18 Å². The van der Waals surface area contributed by atoms with Gasteiger partial charge in [0.05, 0.1) is 5.52 Å². The second kappa shape index (κ2) is 5.22. The Hall–Kier alpha value is -1.16. The molecule has 2 nitrogen and oxygen atoms in total. The number of rotatable bonds is 3. The van der Waals surface area contributed by atoms with Crippen LogP contribution in [0.25, 0.3) is 10.9 Å². The molecule has 1 heterocycles. The first kappa shape index (κ1) is 13.3. The first-order valence-electron chi connectivity index (χ1n) is 5.98. The summed E-state index contributed by atoms with van der Waals surface area (Å²) in [6.45, 7) is 4.24. The number of aromatic amines is 1. The number of hydrogen-bond donors (Lipinski definition) is 1. The van der Waals surface area contributed by atoms with Gasteiger partial charge in [-0.15, -0.1) is 0 Å². The van der Waals surface area contributed by atoms with E-state index in [0.717, 1.165) is 18.5 Å². The Morgan fingerprint density at radius 3 is 2.72 bits per heavy atom. The fraction of sp³-hybridized carbons (Fsp3) is 0.357. The molecule has 1 N–H and O–H groups in total. The number of H-pyrrole nitrogens is 1. The lowest BCUT2D eigenvalue weighted by Crippen LogP contribution is -2.07. The number of pyridine rings is 1. The highest BCUT2D eigenvalue weighted by Crippen LogP contribution is 2.20. The number of halogens is 2. The Bertz CT molecular complexity index is 633. The van der Waals surface area contributed by atoms with Crippen molar-refractivity contribution in [2.45, 2.75) is 26.7 Å². The minimum Gasteiger partial charge on any atom is -0.356 e. The summed E-state index contributed by atoms with van der Waals surface area (Å²) in [5, 5.41) is 0.384. The third-order valence-electron chi connectivity index (χ3n) is 2.90. The minimum absolute atomic E-state index is 0.136. The molecular weight excluding hydrogens is 297 g/mol. The van der Waals surface area contributed by atoms with Crippen molar-refractivity contribution in [2.24, 2.45) is 5.92 Å². The molecule has 0 bridgehead atoms. The van der Waals surface area contributed by atoms with Crippen LogP contribution in [0.3, 0.4) is 0 Å². The van der Waals surface area contributed by atoms with E-state index in [-0.39, 0.29) is 5.43 Å². The standard InChI is InChI=1S/C14H15BrFNO/c1-8(2)3-4-10-7-13(18)11-5-9(15)6-12(16)14(11)17-10/h5-8H,3-4H2,1-2H3,(H,17,18). The molecule has 0 saturated heterocycles. The minimum atomic E-state index is -0.400. The van der Waals surface area contributed by atoms with Gasteiger partial charge in [-0.3, -0.25) is 4.79 Å². The monoisotopic (exact) mass is 311 g/mol. The zero-order chi connectivity index (χ0) is 13.3. The fourth-order valence-corrected chi connectivity index (χ4v) is 2.34. The first-order valence-corrected chi connectivity index (χ1v) is 6.77. The zero-order valence-electron chi connectivity index (χ0n) is 10.4. The normalized spacial score (nSPS) is 11.4. The number of aromatic nitrogens is 1. The van der Waals surface area contributed by atoms with Crippen molar-refractivity contribution in [3.05, 3.63) is 44.4 Å². The van der Waals surface area contributed by atoms with Gasteiger partial charge in [0, 0.05) is 21.6 Å². The van der Waals surface area contributed by atoms with Crippen LogP contribution in [0.15, 0.2) is 27.5 Å². The van der Waals surface area contributed by atoms with Crippen LogP contribution in [0.4, 0.5) is 4.39 Å². The fourth-order valence-electron chi connectivity index (χ4n) is 1.91. The van der Waals surface area contributed by atoms with Gasteiger partial charge in [0.15, 0.2) is 5.43 Å². The highest BCUT2D eigenvalue weighted by molar-refractivity contribution is 9.10. The molecule has 18 heavy (non-hydrogen) atoms. The number of fused-ring (bicyclic) bond motifs is 1. The molecule has 0 amide bonds. The van der Waals surface area contributed by atoms with E-state index < -0.39 is 5.82 Å². The van der Waals surface area contributed by atoms with Crippen LogP contribution < -0.4 is 5.43 Å². The second-order valence-electron chi connectivity index (χ2n) is 4.90. The molecule has 1 aromatic carbocycles. The van der Waals surface area contributed by atoms with Gasteiger partial charge in [-0.2, -0.15) is 0 Å². The molecular formula is C14H15BrFNO. The summed E-state index contributed by atoms with van der Waals surface area (Å²) in [5.41, 5.74) is 0.953. The summed E-state index contributed by atoms with van der Waals surface area (Å²) >= 11 is 3.19. The second-order valence-corrected chi connectivity index (χ2v) is 5.82. The van der Waals surface area contributed by atoms with E-state index in [2.05, 4.69) is 34.8 Å². The molecule has 0 aliphatic heterocycles. The average molecular weight is 312 g/mol. The molecule has 0 fully saturated rings. The van der Waals surface area contributed by atoms with Crippen molar-refractivity contribution in [3.8, 4) is 0 Å². The molecule has 4 heteroatoms. The maximum Gasteiger partial charge on any atom is 0.189 e. The van der Waals surface area contributed by atoms with E-state index in [4.69, 9.17) is 0 Å². The Labute approximate surface area is 113 Å². The maximum atomic E-state index is 13.8. The predicted octanol–water partition coefficient (Wildman–Crippen LogP) is 4.02. The summed E-state index contributed by atoms with van der Waals surface area (Å²) < 4.78 is 14.4. The van der Waals surface area contributed by atoms with Crippen LogP contribution in [0.2, 0.25) is 0 Å². The molecule has 1 aromatic heterocycles. The number of benzene rings is 1. The van der Waals surface area contributed by atoms with E-state index >= 15 is 0 Å². The van der Waals surface area contributed by atoms with Crippen LogP contribution in [0.1, 0.15) is 26.0 Å². The summed E-state index contributed by atoms with van der Waals surface area (Å²) in [5.74, 6) is 0.154. The molecule has 2 rings (SSSR count). The first-order chi connectivity index (χ1) is 8.47. The highest BCUT2D eigenvalue weighted by atomic mass is 79.9. The Kier molecular flexibility index (Phi) is 3.85. The molecule has 0 radical (unpaired) electrons. The van der Waals surface area contributed by atoms with Crippen molar-refractivity contribution in [1.29, 1.82) is 0 Å². The van der Waals surface area contributed by atoms with Crippen LogP contribution in [-0.4, -0.2) is 4.98 Å². The van der Waals surface area contributed by atoms with Crippen LogP contribution in [0.5, 0.6) is 0 Å². The van der Waals surface area contributed by atoms with Gasteiger partial charge in [0.1, 0.15) is 5.82 Å². The van der Waals surface area contributed by atoms with Gasteiger partial charge in [-0.25, -0.2) is 4.39 Å². The molecule has 0 unspecified atom stereocenters. The largest absolute Gasteiger partial charge is 0.356 e. The Morgan fingerprint density at radius 1 is 1.33 bits per heavy atom. The van der Waals surface area contributed by atoms with Crippen LogP contribution in [-0.2, 0) is 6.42 Å². The van der Waals surface area contributed by atoms with Crippen LogP contribution >= 0.6 is 15.9 Å². The van der Waals surface area contributed by atoms with Gasteiger partial charge in [-0.05, 0) is 30.9 Å². The summed E-state index contributed by atoms with van der Waals surface area (Å²) in [6.07, 6.45) is 1.73. The number of nitrogens with one attached hydrogen (secondary N) is 1. The van der Waals surface area contributed by atoms with E-state index in [1.165, 1.54) is 6.07 Å².